The minimum Gasteiger partial charge on any atom is -0.383 e. The summed E-state index contributed by atoms with van der Waals surface area (Å²) in [6.45, 7) is 11.1. The van der Waals surface area contributed by atoms with Crippen LogP contribution in [0.1, 0.15) is 36.5 Å². The van der Waals surface area contributed by atoms with Crippen LogP contribution in [0.25, 0.3) is 0 Å². The number of rotatable bonds is 10. The lowest BCUT2D eigenvalue weighted by atomic mass is 9.86. The highest BCUT2D eigenvalue weighted by Gasteiger charge is 2.36. The zero-order valence-electron chi connectivity index (χ0n) is 21.3. The fraction of sp³-hybridized carbons (Fsp3) is 0.536. The van der Waals surface area contributed by atoms with E-state index in [-0.39, 0.29) is 11.8 Å². The number of nitrogens with zero attached hydrogens (tertiary/aromatic N) is 3. The van der Waals surface area contributed by atoms with Gasteiger partial charge in [0.05, 0.1) is 6.61 Å². The molecule has 5 nitrogen and oxygen atoms in total. The van der Waals surface area contributed by atoms with E-state index in [9.17, 15) is 4.79 Å². The van der Waals surface area contributed by atoms with Gasteiger partial charge in [-0.05, 0) is 41.7 Å². The number of methoxy groups -OCH3 is 1. The van der Waals surface area contributed by atoms with E-state index in [0.717, 1.165) is 26.2 Å². The molecule has 0 N–H and O–H groups in total. The number of hydrogen-bond acceptors (Lipinski definition) is 4. The van der Waals surface area contributed by atoms with Crippen LogP contribution in [-0.2, 0) is 16.1 Å². The van der Waals surface area contributed by atoms with Crippen molar-refractivity contribution in [2.45, 2.75) is 33.2 Å². The molecule has 2 aromatic rings. The first-order valence-corrected chi connectivity index (χ1v) is 12.1. The summed E-state index contributed by atoms with van der Waals surface area (Å²) in [5.74, 6) is 1.02. The molecule has 1 aliphatic rings. The Morgan fingerprint density at radius 2 is 1.79 bits per heavy atom. The van der Waals surface area contributed by atoms with Crippen LogP contribution in [0.15, 0.2) is 48.5 Å². The van der Waals surface area contributed by atoms with Crippen molar-refractivity contribution in [3.8, 4) is 0 Å². The zero-order valence-corrected chi connectivity index (χ0v) is 21.3. The summed E-state index contributed by atoms with van der Waals surface area (Å²) in [7, 11) is 5.84. The second-order valence-corrected chi connectivity index (χ2v) is 9.91. The van der Waals surface area contributed by atoms with E-state index in [1.807, 2.05) is 18.7 Å². The maximum Gasteiger partial charge on any atom is 0.225 e. The number of hydrogen-bond donors (Lipinski definition) is 0. The van der Waals surface area contributed by atoms with Gasteiger partial charge < -0.3 is 14.5 Å². The Bertz CT molecular complexity index is 894. The van der Waals surface area contributed by atoms with E-state index >= 15 is 0 Å². The van der Waals surface area contributed by atoms with E-state index < -0.39 is 0 Å². The molecule has 0 aliphatic carbocycles. The summed E-state index contributed by atoms with van der Waals surface area (Å²) < 4.78 is 5.32. The summed E-state index contributed by atoms with van der Waals surface area (Å²) >= 11 is 0. The van der Waals surface area contributed by atoms with Gasteiger partial charge in [0.25, 0.3) is 0 Å². The molecule has 1 heterocycles. The molecular weight excluding hydrogens is 410 g/mol. The van der Waals surface area contributed by atoms with Crippen LogP contribution in [0.4, 0.5) is 5.69 Å². The van der Waals surface area contributed by atoms with Crippen molar-refractivity contribution in [3.63, 3.8) is 0 Å². The van der Waals surface area contributed by atoms with Gasteiger partial charge in [0, 0.05) is 71.5 Å². The van der Waals surface area contributed by atoms with Crippen molar-refractivity contribution in [1.29, 1.82) is 0 Å². The fourth-order valence-electron chi connectivity index (χ4n) is 4.93. The molecule has 33 heavy (non-hydrogen) atoms. The minimum atomic E-state index is -0.00788. The summed E-state index contributed by atoms with van der Waals surface area (Å²) in [6, 6.07) is 17.6. The topological polar surface area (TPSA) is 36.0 Å². The SMILES string of the molecule is COCCN(CC1CN(Cc2ccc(N(C)C)cc2)CC1c1ccccc1C)C(=O)C(C)C. The Hall–Kier alpha value is -2.37. The second-order valence-electron chi connectivity index (χ2n) is 9.91. The molecule has 180 valence electrons. The summed E-state index contributed by atoms with van der Waals surface area (Å²) in [5, 5.41) is 0. The van der Waals surface area contributed by atoms with Gasteiger partial charge >= 0.3 is 0 Å². The molecule has 2 aromatic carbocycles. The second kappa shape index (κ2) is 11.7. The van der Waals surface area contributed by atoms with Crippen LogP contribution in [0, 0.1) is 18.8 Å². The van der Waals surface area contributed by atoms with Crippen LogP contribution >= 0.6 is 0 Å². The van der Waals surface area contributed by atoms with Crippen LogP contribution in [0.3, 0.4) is 0 Å². The predicted molar refractivity (Wildman–Crippen MR) is 137 cm³/mol. The number of carbonyl (C=O) groups is 1. The average Bonchev–Trinajstić information content (AvgIpc) is 3.18. The smallest absolute Gasteiger partial charge is 0.225 e. The van der Waals surface area contributed by atoms with E-state index in [4.69, 9.17) is 4.74 Å². The van der Waals surface area contributed by atoms with Gasteiger partial charge in [0.15, 0.2) is 0 Å². The summed E-state index contributed by atoms with van der Waals surface area (Å²) in [6.07, 6.45) is 0. The molecule has 2 unspecified atom stereocenters. The van der Waals surface area contributed by atoms with Crippen molar-refractivity contribution >= 4 is 11.6 Å². The van der Waals surface area contributed by atoms with Gasteiger partial charge in [-0.2, -0.15) is 0 Å². The molecular formula is C28H41N3O2. The molecule has 5 heteroatoms. The molecule has 2 atom stereocenters. The van der Waals surface area contributed by atoms with Gasteiger partial charge in [-0.3, -0.25) is 9.69 Å². The van der Waals surface area contributed by atoms with E-state index in [2.05, 4.69) is 79.3 Å². The van der Waals surface area contributed by atoms with E-state index in [0.29, 0.717) is 25.0 Å². The number of aryl methyl sites for hydroxylation is 1. The van der Waals surface area contributed by atoms with Crippen molar-refractivity contribution in [1.82, 2.24) is 9.80 Å². The lowest BCUT2D eigenvalue weighted by Crippen LogP contribution is -2.41. The van der Waals surface area contributed by atoms with Gasteiger partial charge in [-0.25, -0.2) is 0 Å². The lowest BCUT2D eigenvalue weighted by molar-refractivity contribution is -0.135. The Morgan fingerprint density at radius 3 is 2.39 bits per heavy atom. The van der Waals surface area contributed by atoms with Gasteiger partial charge in [0.1, 0.15) is 0 Å². The van der Waals surface area contributed by atoms with Crippen LogP contribution in [0.2, 0.25) is 0 Å². The molecule has 0 radical (unpaired) electrons. The molecule has 0 aromatic heterocycles. The Balaban J connectivity index is 1.80. The van der Waals surface area contributed by atoms with Crippen molar-refractivity contribution in [3.05, 3.63) is 65.2 Å². The molecule has 0 spiro atoms. The maximum absolute atomic E-state index is 13.0. The molecule has 1 amide bonds. The third-order valence-electron chi connectivity index (χ3n) is 6.79. The Morgan fingerprint density at radius 1 is 1.09 bits per heavy atom. The highest BCUT2D eigenvalue weighted by Crippen LogP contribution is 2.36. The van der Waals surface area contributed by atoms with Gasteiger partial charge in [-0.1, -0.05) is 50.2 Å². The fourth-order valence-corrected chi connectivity index (χ4v) is 4.93. The molecule has 1 fully saturated rings. The quantitative estimate of drug-likeness (QED) is 0.536. The highest BCUT2D eigenvalue weighted by molar-refractivity contribution is 5.78. The van der Waals surface area contributed by atoms with Crippen molar-refractivity contribution < 1.29 is 9.53 Å². The highest BCUT2D eigenvalue weighted by atomic mass is 16.5. The standard InChI is InChI=1S/C28H41N3O2/c1-21(2)28(32)31(15-16-33-6)19-24-18-30(17-23-11-13-25(14-12-23)29(4)5)20-27(24)26-10-8-7-9-22(26)3/h7-14,21,24,27H,15-20H2,1-6H3. The van der Waals surface area contributed by atoms with Gasteiger partial charge in [-0.15, -0.1) is 0 Å². The summed E-state index contributed by atoms with van der Waals surface area (Å²) in [5.41, 5.74) is 5.30. The molecule has 1 saturated heterocycles. The number of carbonyl (C=O) groups excluding carboxylic acids is 1. The minimum absolute atomic E-state index is 0.00788. The largest absolute Gasteiger partial charge is 0.383 e. The molecule has 0 bridgehead atoms. The third-order valence-corrected chi connectivity index (χ3v) is 6.79. The first-order valence-electron chi connectivity index (χ1n) is 12.1. The monoisotopic (exact) mass is 451 g/mol. The maximum atomic E-state index is 13.0. The molecule has 3 rings (SSSR count). The number of likely N-dealkylation sites (tertiary alicyclic amines) is 1. The number of amides is 1. The number of benzene rings is 2. The van der Waals surface area contributed by atoms with Gasteiger partial charge in [0.2, 0.25) is 5.91 Å². The lowest BCUT2D eigenvalue weighted by Gasteiger charge is -2.30. The van der Waals surface area contributed by atoms with E-state index in [1.54, 1.807) is 7.11 Å². The average molecular weight is 452 g/mol. The third kappa shape index (κ3) is 6.58. The first-order chi connectivity index (χ1) is 15.8. The number of anilines is 1. The van der Waals surface area contributed by atoms with Crippen molar-refractivity contribution in [2.24, 2.45) is 11.8 Å². The number of ether oxygens (including phenoxy) is 1. The van der Waals surface area contributed by atoms with Crippen molar-refractivity contribution in [2.75, 3.05) is 58.9 Å². The van der Waals surface area contributed by atoms with Crippen LogP contribution < -0.4 is 4.90 Å². The van der Waals surface area contributed by atoms with E-state index in [1.165, 1.54) is 22.4 Å². The van der Waals surface area contributed by atoms with Crippen LogP contribution in [-0.4, -0.2) is 69.7 Å². The molecule has 1 aliphatic heterocycles. The molecule has 0 saturated carbocycles. The Kier molecular flexibility index (Phi) is 8.93. The first kappa shape index (κ1) is 25.3. The normalized spacial score (nSPS) is 18.6. The predicted octanol–water partition coefficient (Wildman–Crippen LogP) is 4.41. The zero-order chi connectivity index (χ0) is 24.0. The van der Waals surface area contributed by atoms with Crippen LogP contribution in [0.5, 0.6) is 0 Å². The Labute approximate surface area is 200 Å². The summed E-state index contributed by atoms with van der Waals surface area (Å²) in [4.78, 5) is 19.7.